The Morgan fingerprint density at radius 3 is 2.72 bits per heavy atom. The second-order valence-corrected chi connectivity index (χ2v) is 5.53. The Morgan fingerprint density at radius 1 is 1.61 bits per heavy atom. The van der Waals surface area contributed by atoms with Crippen LogP contribution in [-0.4, -0.2) is 50.9 Å². The number of thioether (sulfide) groups is 2. The van der Waals surface area contributed by atoms with Gasteiger partial charge in [0.05, 0.1) is 0 Å². The van der Waals surface area contributed by atoms with E-state index in [1.807, 2.05) is 0 Å². The molecule has 100 valence electrons. The topological polar surface area (TPSA) is 113 Å². The number of carbonyl (C=O) groups excluding carboxylic acids is 3. The van der Waals surface area contributed by atoms with Crippen LogP contribution >= 0.6 is 23.5 Å². The lowest BCUT2D eigenvalue weighted by molar-refractivity contribution is -0.140. The van der Waals surface area contributed by atoms with Gasteiger partial charge in [-0.25, -0.2) is 4.79 Å². The molecular formula is C9H12N2O5S2. The van der Waals surface area contributed by atoms with Crippen molar-refractivity contribution >= 4 is 45.8 Å². The molecule has 0 aliphatic carbocycles. The molecule has 1 saturated heterocycles. The number of carbonyl (C=O) groups is 4. The SMILES string of the molecule is CC(=O)NC(CSC(=O)C1CSC(=O)N1)C(=O)O. The number of carboxylic acids is 1. The average molecular weight is 292 g/mol. The van der Waals surface area contributed by atoms with Crippen molar-refractivity contribution in [2.75, 3.05) is 11.5 Å². The average Bonchev–Trinajstić information content (AvgIpc) is 2.69. The summed E-state index contributed by atoms with van der Waals surface area (Å²) < 4.78 is 0. The molecule has 1 aliphatic rings. The zero-order chi connectivity index (χ0) is 13.7. The first-order chi connectivity index (χ1) is 8.40. The van der Waals surface area contributed by atoms with Crippen LogP contribution in [0.1, 0.15) is 6.92 Å². The van der Waals surface area contributed by atoms with E-state index >= 15 is 0 Å². The maximum absolute atomic E-state index is 11.6. The standard InChI is InChI=1S/C9H12N2O5S2/c1-4(12)10-5(7(13)14)2-17-8(15)6-3-18-9(16)11-6/h5-6H,2-3H2,1H3,(H,10,12)(H,11,16)(H,13,14). The first-order valence-corrected chi connectivity index (χ1v) is 6.97. The van der Waals surface area contributed by atoms with E-state index in [4.69, 9.17) is 5.11 Å². The molecule has 1 aliphatic heterocycles. The maximum Gasteiger partial charge on any atom is 0.327 e. The molecule has 1 heterocycles. The summed E-state index contributed by atoms with van der Waals surface area (Å²) >= 11 is 1.81. The highest BCUT2D eigenvalue weighted by Gasteiger charge is 2.29. The lowest BCUT2D eigenvalue weighted by atomic mass is 10.3. The van der Waals surface area contributed by atoms with Crippen LogP contribution in [0.4, 0.5) is 4.79 Å². The molecule has 0 bridgehead atoms. The molecule has 1 rings (SSSR count). The lowest BCUT2D eigenvalue weighted by Gasteiger charge is -2.13. The van der Waals surface area contributed by atoms with Crippen LogP contribution in [0, 0.1) is 0 Å². The maximum atomic E-state index is 11.6. The van der Waals surface area contributed by atoms with E-state index in [-0.39, 0.29) is 16.1 Å². The molecule has 0 saturated carbocycles. The van der Waals surface area contributed by atoms with E-state index < -0.39 is 24.0 Å². The minimum Gasteiger partial charge on any atom is -0.480 e. The van der Waals surface area contributed by atoms with Crippen LogP contribution in [0.25, 0.3) is 0 Å². The van der Waals surface area contributed by atoms with Gasteiger partial charge in [-0.15, -0.1) is 0 Å². The molecule has 0 aromatic heterocycles. The van der Waals surface area contributed by atoms with Gasteiger partial charge < -0.3 is 15.7 Å². The highest BCUT2D eigenvalue weighted by molar-refractivity contribution is 8.15. The van der Waals surface area contributed by atoms with Crippen LogP contribution in [0.2, 0.25) is 0 Å². The van der Waals surface area contributed by atoms with E-state index in [9.17, 15) is 19.2 Å². The lowest BCUT2D eigenvalue weighted by Crippen LogP contribution is -2.42. The fourth-order valence-corrected chi connectivity index (χ4v) is 2.98. The Hall–Kier alpha value is -1.22. The largest absolute Gasteiger partial charge is 0.480 e. The molecule has 0 radical (unpaired) electrons. The zero-order valence-electron chi connectivity index (χ0n) is 9.47. The third-order valence-electron chi connectivity index (χ3n) is 2.03. The van der Waals surface area contributed by atoms with Gasteiger partial charge in [-0.1, -0.05) is 23.5 Å². The quantitative estimate of drug-likeness (QED) is 0.635. The monoisotopic (exact) mass is 292 g/mol. The van der Waals surface area contributed by atoms with E-state index in [0.29, 0.717) is 5.75 Å². The predicted molar refractivity (Wildman–Crippen MR) is 67.5 cm³/mol. The molecule has 9 heteroatoms. The second kappa shape index (κ2) is 6.64. The Labute approximate surface area is 111 Å². The van der Waals surface area contributed by atoms with Gasteiger partial charge >= 0.3 is 5.97 Å². The number of aliphatic carboxylic acids is 1. The number of amides is 2. The number of carboxylic acid groups (broad SMARTS) is 1. The van der Waals surface area contributed by atoms with Gasteiger partial charge in [-0.05, 0) is 0 Å². The van der Waals surface area contributed by atoms with Gasteiger partial charge in [0.2, 0.25) is 11.0 Å². The summed E-state index contributed by atoms with van der Waals surface area (Å²) in [4.78, 5) is 44.1. The van der Waals surface area contributed by atoms with Gasteiger partial charge in [0.25, 0.3) is 5.24 Å². The Bertz CT molecular complexity index is 387. The fourth-order valence-electron chi connectivity index (χ4n) is 1.20. The van der Waals surface area contributed by atoms with Crippen molar-refractivity contribution in [1.29, 1.82) is 0 Å². The number of nitrogens with one attached hydrogen (secondary N) is 2. The van der Waals surface area contributed by atoms with Crippen LogP contribution in [0.3, 0.4) is 0 Å². The molecule has 7 nitrogen and oxygen atoms in total. The van der Waals surface area contributed by atoms with E-state index in [0.717, 1.165) is 23.5 Å². The summed E-state index contributed by atoms with van der Waals surface area (Å²) in [7, 11) is 0. The molecule has 1 fully saturated rings. The predicted octanol–water partition coefficient (Wildman–Crippen LogP) is -0.340. The third-order valence-corrected chi connectivity index (χ3v) is 3.97. The molecular weight excluding hydrogens is 280 g/mol. The van der Waals surface area contributed by atoms with Crippen molar-refractivity contribution in [2.24, 2.45) is 0 Å². The Morgan fingerprint density at radius 2 is 2.28 bits per heavy atom. The minimum atomic E-state index is -1.20. The summed E-state index contributed by atoms with van der Waals surface area (Å²) in [5, 5.41) is 13.0. The summed E-state index contributed by atoms with van der Waals surface area (Å²) in [5.41, 5.74) is 0. The summed E-state index contributed by atoms with van der Waals surface area (Å²) in [6.45, 7) is 1.20. The fraction of sp³-hybridized carbons (Fsp3) is 0.556. The van der Waals surface area contributed by atoms with Crippen molar-refractivity contribution in [3.63, 3.8) is 0 Å². The van der Waals surface area contributed by atoms with Crippen molar-refractivity contribution in [2.45, 2.75) is 19.0 Å². The van der Waals surface area contributed by atoms with Crippen molar-refractivity contribution < 1.29 is 24.3 Å². The highest BCUT2D eigenvalue weighted by atomic mass is 32.2. The van der Waals surface area contributed by atoms with E-state index in [1.54, 1.807) is 0 Å². The Balaban J connectivity index is 2.42. The van der Waals surface area contributed by atoms with Gasteiger partial charge in [0.1, 0.15) is 12.1 Å². The third kappa shape index (κ3) is 4.57. The molecule has 0 aromatic rings. The van der Waals surface area contributed by atoms with Gasteiger partial charge in [0.15, 0.2) is 0 Å². The molecule has 2 unspecified atom stereocenters. The van der Waals surface area contributed by atoms with Gasteiger partial charge in [-0.2, -0.15) is 0 Å². The molecule has 3 N–H and O–H groups in total. The van der Waals surface area contributed by atoms with Crippen LogP contribution in [0.15, 0.2) is 0 Å². The molecule has 2 atom stereocenters. The number of rotatable bonds is 5. The number of hydrogen-bond donors (Lipinski definition) is 3. The van der Waals surface area contributed by atoms with E-state index in [1.165, 1.54) is 6.92 Å². The second-order valence-electron chi connectivity index (χ2n) is 3.52. The summed E-state index contributed by atoms with van der Waals surface area (Å²) in [6.07, 6.45) is 0. The van der Waals surface area contributed by atoms with E-state index in [2.05, 4.69) is 10.6 Å². The zero-order valence-corrected chi connectivity index (χ0v) is 11.1. The van der Waals surface area contributed by atoms with Crippen LogP contribution in [-0.2, 0) is 14.4 Å². The van der Waals surface area contributed by atoms with Crippen molar-refractivity contribution in [3.05, 3.63) is 0 Å². The minimum absolute atomic E-state index is 0.0647. The molecule has 0 aromatic carbocycles. The van der Waals surface area contributed by atoms with Crippen molar-refractivity contribution in [1.82, 2.24) is 10.6 Å². The first-order valence-electron chi connectivity index (χ1n) is 5.00. The van der Waals surface area contributed by atoms with Gasteiger partial charge in [0, 0.05) is 18.4 Å². The normalized spacial score (nSPS) is 20.1. The summed E-state index contributed by atoms with van der Waals surface area (Å²) in [6, 6.07) is -1.69. The smallest absolute Gasteiger partial charge is 0.327 e. The van der Waals surface area contributed by atoms with Crippen molar-refractivity contribution in [3.8, 4) is 0 Å². The first kappa shape index (κ1) is 14.8. The molecule has 2 amide bonds. The van der Waals surface area contributed by atoms with Crippen LogP contribution < -0.4 is 10.6 Å². The molecule has 0 spiro atoms. The van der Waals surface area contributed by atoms with Crippen LogP contribution in [0.5, 0.6) is 0 Å². The Kier molecular flexibility index (Phi) is 5.48. The number of hydrogen-bond acceptors (Lipinski definition) is 6. The summed E-state index contributed by atoms with van der Waals surface area (Å²) in [5.74, 6) is -1.39. The highest BCUT2D eigenvalue weighted by Crippen LogP contribution is 2.18. The van der Waals surface area contributed by atoms with Gasteiger partial charge in [-0.3, -0.25) is 14.4 Å². The molecule has 18 heavy (non-hydrogen) atoms.